The van der Waals surface area contributed by atoms with E-state index in [1.165, 1.54) is 4.68 Å². The number of rotatable bonds is 2. The van der Waals surface area contributed by atoms with Gasteiger partial charge in [-0.1, -0.05) is 23.4 Å². The summed E-state index contributed by atoms with van der Waals surface area (Å²) in [5, 5.41) is 15.8. The Bertz CT molecular complexity index is 495. The molecule has 0 saturated carbocycles. The van der Waals surface area contributed by atoms with Gasteiger partial charge in [-0.15, -0.1) is 5.10 Å². The highest BCUT2D eigenvalue weighted by molar-refractivity contribution is 5.30. The quantitative estimate of drug-likeness (QED) is 0.875. The smallest absolute Gasteiger partial charge is 0.378 e. The van der Waals surface area contributed by atoms with Crippen molar-refractivity contribution in [2.24, 2.45) is 0 Å². The number of hydrogen-bond donors (Lipinski definition) is 1. The Morgan fingerprint density at radius 1 is 1.18 bits per heavy atom. The normalized spacial score (nSPS) is 13.6. The van der Waals surface area contributed by atoms with Crippen molar-refractivity contribution in [2.75, 3.05) is 0 Å². The molecule has 0 spiro atoms. The molecule has 0 aliphatic carbocycles. The summed E-state index contributed by atoms with van der Waals surface area (Å²) in [5.41, 5.74) is 0.0435. The van der Waals surface area contributed by atoms with Crippen LogP contribution in [0.25, 0.3) is 5.69 Å². The molecule has 2 rings (SSSR count). The first-order valence-electron chi connectivity index (χ1n) is 4.71. The van der Waals surface area contributed by atoms with Crippen LogP contribution < -0.4 is 0 Å². The molecule has 1 aromatic heterocycles. The number of nitrogens with zero attached hydrogens (tertiary/aromatic N) is 3. The summed E-state index contributed by atoms with van der Waals surface area (Å²) < 4.78 is 37.8. The van der Waals surface area contributed by atoms with Crippen LogP contribution in [0, 0.1) is 0 Å². The van der Waals surface area contributed by atoms with Crippen LogP contribution in [-0.4, -0.2) is 26.3 Å². The van der Waals surface area contributed by atoms with Crippen LogP contribution in [0.2, 0.25) is 0 Å². The van der Waals surface area contributed by atoms with Gasteiger partial charge < -0.3 is 5.11 Å². The van der Waals surface area contributed by atoms with Crippen molar-refractivity contribution in [1.82, 2.24) is 15.0 Å². The number of hydrogen-bond acceptors (Lipinski definition) is 3. The zero-order valence-corrected chi connectivity index (χ0v) is 8.46. The van der Waals surface area contributed by atoms with Gasteiger partial charge in [0, 0.05) is 0 Å². The minimum absolute atomic E-state index is 0.527. The molecule has 0 unspecified atom stereocenters. The van der Waals surface area contributed by atoms with Gasteiger partial charge in [0.1, 0.15) is 5.69 Å². The van der Waals surface area contributed by atoms with E-state index >= 15 is 0 Å². The van der Waals surface area contributed by atoms with Crippen LogP contribution in [-0.2, 0) is 0 Å². The fourth-order valence-corrected chi connectivity index (χ4v) is 1.28. The Morgan fingerprint density at radius 2 is 1.82 bits per heavy atom. The highest BCUT2D eigenvalue weighted by atomic mass is 19.4. The molecule has 0 saturated heterocycles. The van der Waals surface area contributed by atoms with E-state index < -0.39 is 18.0 Å². The lowest BCUT2D eigenvalue weighted by atomic mass is 10.2. The summed E-state index contributed by atoms with van der Waals surface area (Å²) in [4.78, 5) is 0. The number of para-hydroxylation sites is 1. The molecule has 4 nitrogen and oxygen atoms in total. The summed E-state index contributed by atoms with van der Waals surface area (Å²) in [5.74, 6) is 0. The molecule has 1 aromatic carbocycles. The molecule has 1 atom stereocenters. The summed E-state index contributed by atoms with van der Waals surface area (Å²) in [6.45, 7) is 0. The molecule has 2 aromatic rings. The molecule has 90 valence electrons. The third kappa shape index (κ3) is 2.44. The third-order valence-corrected chi connectivity index (χ3v) is 2.12. The average Bonchev–Trinajstić information content (AvgIpc) is 2.77. The van der Waals surface area contributed by atoms with Gasteiger partial charge in [-0.2, -0.15) is 13.2 Å². The maximum absolute atomic E-state index is 12.2. The minimum atomic E-state index is -4.74. The second-order valence-corrected chi connectivity index (χ2v) is 3.37. The number of aliphatic hydroxyl groups is 1. The molecule has 0 aliphatic rings. The number of benzene rings is 1. The molecule has 0 aliphatic heterocycles. The van der Waals surface area contributed by atoms with Crippen molar-refractivity contribution >= 4 is 0 Å². The standard InChI is InChI=1S/C10H8F3N3O/c11-10(12,13)9(17)8-6-16(15-14-8)7-4-2-1-3-5-7/h1-6,9,17H/t9-/m0/s1. The van der Waals surface area contributed by atoms with Gasteiger partial charge in [-0.05, 0) is 12.1 Å². The Morgan fingerprint density at radius 3 is 2.41 bits per heavy atom. The summed E-state index contributed by atoms with van der Waals surface area (Å²) in [6, 6.07) is 8.54. The first-order valence-corrected chi connectivity index (χ1v) is 4.71. The fraction of sp³-hybridized carbons (Fsp3) is 0.200. The van der Waals surface area contributed by atoms with Gasteiger partial charge in [-0.25, -0.2) is 4.68 Å². The van der Waals surface area contributed by atoms with Crippen LogP contribution in [0.15, 0.2) is 36.5 Å². The molecule has 0 bridgehead atoms. The minimum Gasteiger partial charge on any atom is -0.378 e. The van der Waals surface area contributed by atoms with E-state index in [0.29, 0.717) is 5.69 Å². The van der Waals surface area contributed by atoms with Gasteiger partial charge in [-0.3, -0.25) is 0 Å². The first-order chi connectivity index (χ1) is 7.98. The SMILES string of the molecule is O[C@@H](c1cn(-c2ccccc2)nn1)C(F)(F)F. The van der Waals surface area contributed by atoms with Crippen molar-refractivity contribution in [3.05, 3.63) is 42.2 Å². The molecule has 7 heteroatoms. The van der Waals surface area contributed by atoms with E-state index in [9.17, 15) is 13.2 Å². The van der Waals surface area contributed by atoms with Crippen molar-refractivity contribution in [3.8, 4) is 5.69 Å². The molecular formula is C10H8F3N3O. The van der Waals surface area contributed by atoms with E-state index in [2.05, 4.69) is 10.3 Å². The molecule has 0 radical (unpaired) electrons. The van der Waals surface area contributed by atoms with E-state index in [1.54, 1.807) is 30.3 Å². The second-order valence-electron chi connectivity index (χ2n) is 3.37. The van der Waals surface area contributed by atoms with Crippen molar-refractivity contribution in [1.29, 1.82) is 0 Å². The van der Waals surface area contributed by atoms with E-state index in [0.717, 1.165) is 6.20 Å². The zero-order valence-electron chi connectivity index (χ0n) is 8.46. The lowest BCUT2D eigenvalue weighted by molar-refractivity contribution is -0.208. The lowest BCUT2D eigenvalue weighted by Gasteiger charge is -2.10. The first kappa shape index (κ1) is 11.6. The maximum atomic E-state index is 12.2. The Hall–Kier alpha value is -1.89. The zero-order chi connectivity index (χ0) is 12.5. The third-order valence-electron chi connectivity index (χ3n) is 2.12. The largest absolute Gasteiger partial charge is 0.420 e. The topological polar surface area (TPSA) is 50.9 Å². The van der Waals surface area contributed by atoms with E-state index in [1.807, 2.05) is 0 Å². The molecule has 0 fully saturated rings. The summed E-state index contributed by atoms with van der Waals surface area (Å²) >= 11 is 0. The van der Waals surface area contributed by atoms with Gasteiger partial charge >= 0.3 is 6.18 Å². The highest BCUT2D eigenvalue weighted by Gasteiger charge is 2.41. The van der Waals surface area contributed by atoms with Gasteiger partial charge in [0.2, 0.25) is 0 Å². The molecule has 0 amide bonds. The number of aromatic nitrogens is 3. The Labute approximate surface area is 94.3 Å². The van der Waals surface area contributed by atoms with Gasteiger partial charge in [0.25, 0.3) is 0 Å². The van der Waals surface area contributed by atoms with Crippen LogP contribution >= 0.6 is 0 Å². The average molecular weight is 243 g/mol. The van der Waals surface area contributed by atoms with E-state index in [-0.39, 0.29) is 0 Å². The predicted octanol–water partition coefficient (Wildman–Crippen LogP) is 1.86. The number of alkyl halides is 3. The van der Waals surface area contributed by atoms with Crippen LogP contribution in [0.5, 0.6) is 0 Å². The maximum Gasteiger partial charge on any atom is 0.420 e. The lowest BCUT2D eigenvalue weighted by Crippen LogP contribution is -2.20. The second kappa shape index (κ2) is 4.17. The fourth-order valence-electron chi connectivity index (χ4n) is 1.28. The highest BCUT2D eigenvalue weighted by Crippen LogP contribution is 2.31. The number of aliphatic hydroxyl groups excluding tert-OH is 1. The Balaban J connectivity index is 2.28. The monoisotopic (exact) mass is 243 g/mol. The van der Waals surface area contributed by atoms with Crippen molar-refractivity contribution in [2.45, 2.75) is 12.3 Å². The molecule has 1 heterocycles. The molecule has 1 N–H and O–H groups in total. The summed E-state index contributed by atoms with van der Waals surface area (Å²) in [6.07, 6.45) is -6.30. The summed E-state index contributed by atoms with van der Waals surface area (Å²) in [7, 11) is 0. The van der Waals surface area contributed by atoms with Crippen LogP contribution in [0.3, 0.4) is 0 Å². The van der Waals surface area contributed by atoms with Crippen LogP contribution in [0.1, 0.15) is 11.8 Å². The Kier molecular flexibility index (Phi) is 2.84. The van der Waals surface area contributed by atoms with Crippen LogP contribution in [0.4, 0.5) is 13.2 Å². The number of halogens is 3. The van der Waals surface area contributed by atoms with Crippen molar-refractivity contribution < 1.29 is 18.3 Å². The molecular weight excluding hydrogens is 235 g/mol. The van der Waals surface area contributed by atoms with Crippen molar-refractivity contribution in [3.63, 3.8) is 0 Å². The molecule has 17 heavy (non-hydrogen) atoms. The van der Waals surface area contributed by atoms with Gasteiger partial charge in [0.05, 0.1) is 11.9 Å². The predicted molar refractivity (Wildman–Crippen MR) is 52.4 cm³/mol. The van der Waals surface area contributed by atoms with E-state index in [4.69, 9.17) is 5.11 Å². The van der Waals surface area contributed by atoms with Gasteiger partial charge in [0.15, 0.2) is 6.10 Å².